The van der Waals surface area contributed by atoms with Crippen LogP contribution in [-0.4, -0.2) is 53.3 Å². The van der Waals surface area contributed by atoms with Crippen molar-refractivity contribution >= 4 is 11.9 Å². The Labute approximate surface area is 148 Å². The minimum absolute atomic E-state index is 0.0902. The molecular formula is C18H28N2O5. The van der Waals surface area contributed by atoms with Crippen molar-refractivity contribution in [1.82, 2.24) is 10.1 Å². The van der Waals surface area contributed by atoms with Gasteiger partial charge in [0.2, 0.25) is 0 Å². The van der Waals surface area contributed by atoms with Crippen molar-refractivity contribution in [2.45, 2.75) is 65.0 Å². The number of rotatable bonds is 3. The van der Waals surface area contributed by atoms with E-state index in [2.05, 4.69) is 5.16 Å². The summed E-state index contributed by atoms with van der Waals surface area (Å²) in [6.07, 6.45) is -0.405. The summed E-state index contributed by atoms with van der Waals surface area (Å²) in [5.41, 5.74) is -0.230. The van der Waals surface area contributed by atoms with Crippen molar-refractivity contribution in [3.05, 3.63) is 17.5 Å². The van der Waals surface area contributed by atoms with E-state index in [1.807, 2.05) is 20.8 Å². The highest BCUT2D eigenvalue weighted by Crippen LogP contribution is 2.23. The van der Waals surface area contributed by atoms with E-state index in [0.29, 0.717) is 18.8 Å². The molecule has 1 aromatic heterocycles. The number of hydrogen-bond donors (Lipinski definition) is 0. The monoisotopic (exact) mass is 352 g/mol. The summed E-state index contributed by atoms with van der Waals surface area (Å²) in [7, 11) is 0. The van der Waals surface area contributed by atoms with Crippen molar-refractivity contribution in [2.24, 2.45) is 0 Å². The SMILES string of the molecule is CC(C)(C)OC(=O)N1CCOCC1C(=O)Cc1cc(C(C)(C)C)on1. The van der Waals surface area contributed by atoms with E-state index in [4.69, 9.17) is 14.0 Å². The number of nitrogens with zero attached hydrogens (tertiary/aromatic N) is 2. The summed E-state index contributed by atoms with van der Waals surface area (Å²) >= 11 is 0. The van der Waals surface area contributed by atoms with Crippen LogP contribution in [0.1, 0.15) is 53.0 Å². The minimum atomic E-state index is -0.668. The lowest BCUT2D eigenvalue weighted by atomic mass is 9.93. The molecule has 0 spiro atoms. The number of ketones is 1. The van der Waals surface area contributed by atoms with Gasteiger partial charge < -0.3 is 14.0 Å². The van der Waals surface area contributed by atoms with Gasteiger partial charge in [0.15, 0.2) is 5.78 Å². The van der Waals surface area contributed by atoms with Crippen LogP contribution in [0.3, 0.4) is 0 Å². The summed E-state index contributed by atoms with van der Waals surface area (Å²) in [4.78, 5) is 26.5. The number of amides is 1. The Bertz CT molecular complexity index is 624. The van der Waals surface area contributed by atoms with Crippen molar-refractivity contribution in [1.29, 1.82) is 0 Å². The van der Waals surface area contributed by atoms with Gasteiger partial charge in [-0.2, -0.15) is 0 Å². The first kappa shape index (κ1) is 19.4. The van der Waals surface area contributed by atoms with Gasteiger partial charge in [0.05, 0.1) is 25.3 Å². The number of Topliss-reactive ketones (excluding diaryl/α,β-unsaturated/α-hetero) is 1. The van der Waals surface area contributed by atoms with E-state index in [9.17, 15) is 9.59 Å². The van der Waals surface area contributed by atoms with Crippen molar-refractivity contribution < 1.29 is 23.6 Å². The molecular weight excluding hydrogens is 324 g/mol. The van der Waals surface area contributed by atoms with Crippen LogP contribution in [-0.2, 0) is 26.1 Å². The summed E-state index contributed by atoms with van der Waals surface area (Å²) in [5, 5.41) is 3.98. The molecule has 0 saturated carbocycles. The van der Waals surface area contributed by atoms with Gasteiger partial charge >= 0.3 is 6.09 Å². The molecule has 2 heterocycles. The number of hydrogen-bond acceptors (Lipinski definition) is 6. The van der Waals surface area contributed by atoms with Gasteiger partial charge in [0.25, 0.3) is 0 Å². The first-order chi connectivity index (χ1) is 11.5. The summed E-state index contributed by atoms with van der Waals surface area (Å²) < 4.78 is 16.1. The standard InChI is InChI=1S/C18H28N2O5/c1-17(2,3)15-10-12(19-25-15)9-14(21)13-11-23-8-7-20(13)16(22)24-18(4,5)6/h10,13H,7-9,11H2,1-6H3. The molecule has 0 aliphatic carbocycles. The lowest BCUT2D eigenvalue weighted by molar-refractivity contribution is -0.129. The van der Waals surface area contributed by atoms with Crippen LogP contribution >= 0.6 is 0 Å². The quantitative estimate of drug-likeness (QED) is 0.832. The highest BCUT2D eigenvalue weighted by Gasteiger charge is 2.35. The fourth-order valence-corrected chi connectivity index (χ4v) is 2.45. The van der Waals surface area contributed by atoms with Crippen molar-refractivity contribution in [2.75, 3.05) is 19.8 Å². The van der Waals surface area contributed by atoms with Crippen LogP contribution in [0.15, 0.2) is 10.6 Å². The summed E-state index contributed by atoms with van der Waals surface area (Å²) in [6, 6.07) is 1.12. The molecule has 1 aliphatic heterocycles. The van der Waals surface area contributed by atoms with Gasteiger partial charge in [-0.25, -0.2) is 4.79 Å². The molecule has 1 saturated heterocycles. The Morgan fingerprint density at radius 1 is 1.28 bits per heavy atom. The molecule has 1 atom stereocenters. The van der Waals surface area contributed by atoms with Crippen LogP contribution in [0, 0.1) is 0 Å². The van der Waals surface area contributed by atoms with Gasteiger partial charge in [0.1, 0.15) is 17.4 Å². The molecule has 0 N–H and O–H groups in total. The fourth-order valence-electron chi connectivity index (χ4n) is 2.45. The van der Waals surface area contributed by atoms with Crippen molar-refractivity contribution in [3.63, 3.8) is 0 Å². The number of ether oxygens (including phenoxy) is 2. The molecule has 1 aromatic rings. The zero-order valence-electron chi connectivity index (χ0n) is 15.9. The topological polar surface area (TPSA) is 81.9 Å². The average molecular weight is 352 g/mol. The van der Waals surface area contributed by atoms with Crippen LogP contribution in [0.2, 0.25) is 0 Å². The number of carbonyl (C=O) groups excluding carboxylic acids is 2. The fraction of sp³-hybridized carbons (Fsp3) is 0.722. The molecule has 0 radical (unpaired) electrons. The molecule has 1 aliphatic rings. The smallest absolute Gasteiger partial charge is 0.411 e. The van der Waals surface area contributed by atoms with E-state index in [1.54, 1.807) is 26.8 Å². The Kier molecular flexibility index (Phi) is 5.56. The normalized spacial score (nSPS) is 19.0. The maximum Gasteiger partial charge on any atom is 0.411 e. The first-order valence-electron chi connectivity index (χ1n) is 8.53. The summed E-state index contributed by atoms with van der Waals surface area (Å²) in [6.45, 7) is 12.3. The Hall–Kier alpha value is -1.89. The summed E-state index contributed by atoms with van der Waals surface area (Å²) in [5.74, 6) is 0.582. The van der Waals surface area contributed by atoms with Gasteiger partial charge in [-0.05, 0) is 20.8 Å². The average Bonchev–Trinajstić information content (AvgIpc) is 2.94. The molecule has 7 heteroatoms. The minimum Gasteiger partial charge on any atom is -0.444 e. The predicted octanol–water partition coefficient (Wildman–Crippen LogP) is 2.72. The van der Waals surface area contributed by atoms with Gasteiger partial charge in [0, 0.05) is 18.0 Å². The second-order valence-corrected chi connectivity index (χ2v) is 8.34. The van der Waals surface area contributed by atoms with Crippen LogP contribution in [0.4, 0.5) is 4.79 Å². The molecule has 25 heavy (non-hydrogen) atoms. The Morgan fingerprint density at radius 3 is 2.52 bits per heavy atom. The van der Waals surface area contributed by atoms with Crippen molar-refractivity contribution in [3.8, 4) is 0 Å². The third-order valence-electron chi connectivity index (χ3n) is 3.78. The van der Waals surface area contributed by atoms with Gasteiger partial charge in [-0.3, -0.25) is 9.69 Å². The van der Waals surface area contributed by atoms with Crippen LogP contribution in [0.25, 0.3) is 0 Å². The second kappa shape index (κ2) is 7.15. The van der Waals surface area contributed by atoms with E-state index in [0.717, 1.165) is 5.76 Å². The zero-order chi connectivity index (χ0) is 18.8. The van der Waals surface area contributed by atoms with Gasteiger partial charge in [-0.1, -0.05) is 25.9 Å². The van der Waals surface area contributed by atoms with E-state index < -0.39 is 17.7 Å². The zero-order valence-corrected chi connectivity index (χ0v) is 15.9. The second-order valence-electron chi connectivity index (χ2n) is 8.34. The molecule has 1 unspecified atom stereocenters. The van der Waals surface area contributed by atoms with E-state index in [-0.39, 0.29) is 24.2 Å². The number of morpholine rings is 1. The molecule has 1 amide bonds. The number of aromatic nitrogens is 1. The highest BCUT2D eigenvalue weighted by molar-refractivity contribution is 5.89. The van der Waals surface area contributed by atoms with E-state index in [1.165, 1.54) is 4.90 Å². The lowest BCUT2D eigenvalue weighted by Gasteiger charge is -2.35. The molecule has 0 bridgehead atoms. The number of carbonyl (C=O) groups is 2. The maximum absolute atomic E-state index is 12.7. The molecule has 1 fully saturated rings. The lowest BCUT2D eigenvalue weighted by Crippen LogP contribution is -2.54. The largest absolute Gasteiger partial charge is 0.444 e. The third kappa shape index (κ3) is 5.29. The third-order valence-corrected chi connectivity index (χ3v) is 3.78. The molecule has 0 aromatic carbocycles. The highest BCUT2D eigenvalue weighted by atomic mass is 16.6. The Balaban J connectivity index is 2.07. The molecule has 2 rings (SSSR count). The Morgan fingerprint density at radius 2 is 1.96 bits per heavy atom. The molecule has 140 valence electrons. The van der Waals surface area contributed by atoms with Gasteiger partial charge in [-0.15, -0.1) is 0 Å². The first-order valence-corrected chi connectivity index (χ1v) is 8.53. The van der Waals surface area contributed by atoms with Crippen LogP contribution < -0.4 is 0 Å². The van der Waals surface area contributed by atoms with Crippen LogP contribution in [0.5, 0.6) is 0 Å². The molecule has 7 nitrogen and oxygen atoms in total. The van der Waals surface area contributed by atoms with E-state index >= 15 is 0 Å². The predicted molar refractivity (Wildman–Crippen MR) is 91.5 cm³/mol. The maximum atomic E-state index is 12.7.